The summed E-state index contributed by atoms with van der Waals surface area (Å²) in [7, 11) is -3.66. The quantitative estimate of drug-likeness (QED) is 0.742. The molecule has 0 aliphatic carbocycles. The molecule has 7 nitrogen and oxygen atoms in total. The van der Waals surface area contributed by atoms with Crippen LogP contribution < -0.4 is 10.6 Å². The topological polar surface area (TPSA) is 105 Å². The summed E-state index contributed by atoms with van der Waals surface area (Å²) in [4.78, 5) is 24.8. The number of furan rings is 1. The minimum absolute atomic E-state index is 0.0937. The van der Waals surface area contributed by atoms with Crippen LogP contribution in [0.25, 0.3) is 0 Å². The molecule has 2 heterocycles. The molecule has 1 aliphatic heterocycles. The van der Waals surface area contributed by atoms with Gasteiger partial charge in [-0.25, -0.2) is 8.42 Å². The van der Waals surface area contributed by atoms with Gasteiger partial charge in [0.2, 0.25) is 11.8 Å². The third-order valence-electron chi connectivity index (χ3n) is 4.24. The predicted molar refractivity (Wildman–Crippen MR) is 107 cm³/mol. The van der Waals surface area contributed by atoms with Gasteiger partial charge in [-0.3, -0.25) is 9.59 Å². The molecule has 1 aromatic carbocycles. The van der Waals surface area contributed by atoms with Crippen molar-refractivity contribution in [1.29, 1.82) is 0 Å². The number of rotatable bonds is 6. The van der Waals surface area contributed by atoms with Crippen molar-refractivity contribution in [1.82, 2.24) is 5.32 Å². The van der Waals surface area contributed by atoms with Crippen LogP contribution in [0.2, 0.25) is 0 Å². The van der Waals surface area contributed by atoms with E-state index in [0.29, 0.717) is 17.9 Å². The summed E-state index contributed by atoms with van der Waals surface area (Å²) < 4.78 is 30.6. The Bertz CT molecular complexity index is 998. The van der Waals surface area contributed by atoms with E-state index in [4.69, 9.17) is 4.42 Å². The van der Waals surface area contributed by atoms with Crippen molar-refractivity contribution in [3.05, 3.63) is 41.9 Å². The summed E-state index contributed by atoms with van der Waals surface area (Å²) in [6.45, 7) is 3.97. The average Bonchev–Trinajstić information content (AvgIpc) is 2.98. The van der Waals surface area contributed by atoms with E-state index < -0.39 is 9.84 Å². The number of sulfone groups is 1. The Kier molecular flexibility index (Phi) is 6.14. The Morgan fingerprint density at radius 1 is 1.32 bits per heavy atom. The lowest BCUT2D eigenvalue weighted by Gasteiger charge is -2.10. The van der Waals surface area contributed by atoms with Crippen molar-refractivity contribution in [3.8, 4) is 0 Å². The zero-order valence-corrected chi connectivity index (χ0v) is 17.3. The minimum atomic E-state index is -3.66. The van der Waals surface area contributed by atoms with E-state index in [9.17, 15) is 18.0 Å². The highest BCUT2D eigenvalue weighted by molar-refractivity contribution is 8.00. The number of nitrogens with one attached hydrogen (secondary N) is 2. The molecule has 1 aliphatic rings. The Morgan fingerprint density at radius 2 is 2.11 bits per heavy atom. The number of benzene rings is 1. The van der Waals surface area contributed by atoms with Crippen molar-refractivity contribution in [2.75, 3.05) is 11.1 Å². The molecule has 2 N–H and O–H groups in total. The van der Waals surface area contributed by atoms with Crippen molar-refractivity contribution >= 4 is 39.1 Å². The number of carbonyl (C=O) groups is 2. The van der Waals surface area contributed by atoms with Gasteiger partial charge in [0, 0.05) is 23.0 Å². The van der Waals surface area contributed by atoms with Gasteiger partial charge < -0.3 is 15.1 Å². The second-order valence-electron chi connectivity index (χ2n) is 6.70. The molecule has 0 saturated carbocycles. The Hall–Kier alpha value is -2.26. The van der Waals surface area contributed by atoms with Gasteiger partial charge in [-0.1, -0.05) is 6.92 Å². The number of carbonyl (C=O) groups excluding carboxylic acids is 2. The van der Waals surface area contributed by atoms with Gasteiger partial charge in [-0.15, -0.1) is 11.8 Å². The van der Waals surface area contributed by atoms with Crippen molar-refractivity contribution in [2.24, 2.45) is 0 Å². The van der Waals surface area contributed by atoms with Gasteiger partial charge in [0.1, 0.15) is 11.5 Å². The molecule has 9 heteroatoms. The maximum atomic E-state index is 12.6. The molecule has 0 bridgehead atoms. The first-order valence-corrected chi connectivity index (χ1v) is 11.4. The number of hydrogen-bond donors (Lipinski definition) is 2. The van der Waals surface area contributed by atoms with Crippen LogP contribution >= 0.6 is 11.8 Å². The summed E-state index contributed by atoms with van der Waals surface area (Å²) in [5.41, 5.74) is 0.498. The zero-order valence-electron chi connectivity index (χ0n) is 15.7. The highest BCUT2D eigenvalue weighted by Crippen LogP contribution is 2.36. The number of fused-ring (bicyclic) bond motifs is 1. The lowest BCUT2D eigenvalue weighted by molar-refractivity contribution is -0.121. The molecule has 0 radical (unpaired) electrons. The van der Waals surface area contributed by atoms with Gasteiger partial charge in [-0.05, 0) is 37.3 Å². The second-order valence-corrected chi connectivity index (χ2v) is 10.3. The fourth-order valence-corrected chi connectivity index (χ4v) is 5.14. The fourth-order valence-electron chi connectivity index (χ4n) is 2.82. The van der Waals surface area contributed by atoms with Gasteiger partial charge in [0.25, 0.3) is 0 Å². The first-order chi connectivity index (χ1) is 13.2. The lowest BCUT2D eigenvalue weighted by atomic mass is 10.3. The van der Waals surface area contributed by atoms with Crippen LogP contribution in [-0.4, -0.2) is 31.2 Å². The van der Waals surface area contributed by atoms with Crippen LogP contribution in [0, 0.1) is 6.92 Å². The van der Waals surface area contributed by atoms with Crippen LogP contribution in [0.5, 0.6) is 0 Å². The Balaban J connectivity index is 1.62. The third-order valence-corrected chi connectivity index (χ3v) is 7.13. The summed E-state index contributed by atoms with van der Waals surface area (Å²) in [5, 5.41) is 5.52. The SMILES string of the molecule is Cc1ccc(CNC(=O)CCS(=O)(=O)c2ccc3c(c2)NC(=O)C[C@@H](C)S3)o1. The molecule has 1 atom stereocenters. The maximum absolute atomic E-state index is 12.6. The molecule has 0 fully saturated rings. The molecule has 2 amide bonds. The monoisotopic (exact) mass is 422 g/mol. The smallest absolute Gasteiger partial charge is 0.225 e. The molecule has 150 valence electrons. The molecular formula is C19H22N2O5S2. The highest BCUT2D eigenvalue weighted by Gasteiger charge is 2.22. The van der Waals surface area contributed by atoms with Crippen LogP contribution in [0.1, 0.15) is 31.3 Å². The summed E-state index contributed by atoms with van der Waals surface area (Å²) in [6, 6.07) is 8.25. The van der Waals surface area contributed by atoms with Crippen LogP contribution in [0.15, 0.2) is 44.5 Å². The zero-order chi connectivity index (χ0) is 20.3. The number of hydrogen-bond acceptors (Lipinski definition) is 6. The third kappa shape index (κ3) is 5.17. The fraction of sp³-hybridized carbons (Fsp3) is 0.368. The highest BCUT2D eigenvalue weighted by atomic mass is 32.2. The van der Waals surface area contributed by atoms with E-state index in [0.717, 1.165) is 10.7 Å². The number of anilines is 1. The molecule has 2 aromatic rings. The summed E-state index contributed by atoms with van der Waals surface area (Å²) >= 11 is 1.53. The summed E-state index contributed by atoms with van der Waals surface area (Å²) in [5.74, 6) is 0.536. The van der Waals surface area contributed by atoms with E-state index in [2.05, 4.69) is 10.6 Å². The van der Waals surface area contributed by atoms with Crippen molar-refractivity contribution in [3.63, 3.8) is 0 Å². The van der Waals surface area contributed by atoms with E-state index in [1.165, 1.54) is 23.9 Å². The van der Waals surface area contributed by atoms with Crippen molar-refractivity contribution < 1.29 is 22.4 Å². The van der Waals surface area contributed by atoms with Crippen LogP contribution in [-0.2, 0) is 26.0 Å². The van der Waals surface area contributed by atoms with E-state index in [-0.39, 0.29) is 40.7 Å². The van der Waals surface area contributed by atoms with Crippen molar-refractivity contribution in [2.45, 2.75) is 48.3 Å². The largest absolute Gasteiger partial charge is 0.465 e. The van der Waals surface area contributed by atoms with E-state index in [1.807, 2.05) is 6.92 Å². The van der Waals surface area contributed by atoms with Gasteiger partial charge in [0.05, 0.1) is 22.9 Å². The first-order valence-electron chi connectivity index (χ1n) is 8.88. The molecule has 0 saturated heterocycles. The van der Waals surface area contributed by atoms with Gasteiger partial charge in [0.15, 0.2) is 9.84 Å². The number of amides is 2. The molecule has 28 heavy (non-hydrogen) atoms. The summed E-state index contributed by atoms with van der Waals surface area (Å²) in [6.07, 6.45) is 0.216. The van der Waals surface area contributed by atoms with Crippen LogP contribution in [0.4, 0.5) is 5.69 Å². The minimum Gasteiger partial charge on any atom is -0.465 e. The van der Waals surface area contributed by atoms with Gasteiger partial charge >= 0.3 is 0 Å². The molecule has 1 aromatic heterocycles. The Labute approximate surface area is 168 Å². The standard InChI is InChI=1S/C19H22N2O5S2/c1-12-3-4-14(26-12)11-20-18(22)7-8-28(24,25)15-5-6-17-16(10-15)21-19(23)9-13(2)27-17/h3-6,10,13H,7-9,11H2,1-2H3,(H,20,22)(H,21,23)/t13-/m1/s1. The molecular weight excluding hydrogens is 400 g/mol. The maximum Gasteiger partial charge on any atom is 0.225 e. The molecule has 0 unspecified atom stereocenters. The van der Waals surface area contributed by atoms with E-state index in [1.54, 1.807) is 25.1 Å². The van der Waals surface area contributed by atoms with E-state index >= 15 is 0 Å². The molecule has 3 rings (SSSR count). The second kappa shape index (κ2) is 8.40. The lowest BCUT2D eigenvalue weighted by Crippen LogP contribution is -2.25. The molecule has 0 spiro atoms. The van der Waals surface area contributed by atoms with Gasteiger partial charge in [-0.2, -0.15) is 0 Å². The number of aryl methyl sites for hydroxylation is 1. The predicted octanol–water partition coefficient (Wildman–Crippen LogP) is 2.89. The normalized spacial score (nSPS) is 16.8. The Morgan fingerprint density at radius 3 is 2.82 bits per heavy atom. The number of thioether (sulfide) groups is 1. The van der Waals surface area contributed by atoms with Crippen LogP contribution in [0.3, 0.4) is 0 Å². The average molecular weight is 423 g/mol. The first kappa shape index (κ1) is 20.5.